The lowest BCUT2D eigenvalue weighted by molar-refractivity contribution is -0.136. The van der Waals surface area contributed by atoms with E-state index in [1.54, 1.807) is 0 Å². The van der Waals surface area contributed by atoms with Crippen LogP contribution in [0.4, 0.5) is 0 Å². The molecule has 2 aliphatic heterocycles. The normalized spacial score (nSPS) is 32.0. The van der Waals surface area contributed by atoms with Gasteiger partial charge in [0.1, 0.15) is 6.04 Å². The quantitative estimate of drug-likeness (QED) is 0.840. The Morgan fingerprint density at radius 1 is 1.43 bits per heavy atom. The predicted octanol–water partition coefficient (Wildman–Crippen LogP) is 1.71. The molecule has 21 heavy (non-hydrogen) atoms. The van der Waals surface area contributed by atoms with Crippen molar-refractivity contribution in [1.82, 2.24) is 10.2 Å². The van der Waals surface area contributed by atoms with E-state index in [-0.39, 0.29) is 35.9 Å². The number of nitrogens with zero attached hydrogens (tertiary/aromatic N) is 1. The third kappa shape index (κ3) is 3.96. The number of amides is 2. The maximum absolute atomic E-state index is 12.8. The topological polar surface area (TPSA) is 58.6 Å². The van der Waals surface area contributed by atoms with Crippen LogP contribution in [-0.2, 0) is 14.3 Å². The summed E-state index contributed by atoms with van der Waals surface area (Å²) >= 11 is 0. The summed E-state index contributed by atoms with van der Waals surface area (Å²) in [6.07, 6.45) is 4.62. The zero-order valence-corrected chi connectivity index (χ0v) is 13.4. The second-order valence-electron chi connectivity index (χ2n) is 6.44. The van der Waals surface area contributed by atoms with Gasteiger partial charge in [0.05, 0.1) is 6.10 Å². The van der Waals surface area contributed by atoms with Crippen molar-refractivity contribution in [3.63, 3.8) is 0 Å². The van der Waals surface area contributed by atoms with Gasteiger partial charge >= 0.3 is 0 Å². The van der Waals surface area contributed by atoms with E-state index in [2.05, 4.69) is 12.2 Å². The molecule has 4 atom stereocenters. The van der Waals surface area contributed by atoms with E-state index < -0.39 is 0 Å². The van der Waals surface area contributed by atoms with E-state index in [0.717, 1.165) is 32.3 Å². The highest BCUT2D eigenvalue weighted by atomic mass is 16.5. The van der Waals surface area contributed by atoms with E-state index in [4.69, 9.17) is 4.74 Å². The third-order valence-corrected chi connectivity index (χ3v) is 4.81. The average molecular weight is 296 g/mol. The van der Waals surface area contributed by atoms with Gasteiger partial charge < -0.3 is 15.0 Å². The van der Waals surface area contributed by atoms with Crippen molar-refractivity contribution in [1.29, 1.82) is 0 Å². The van der Waals surface area contributed by atoms with Gasteiger partial charge in [-0.05, 0) is 32.1 Å². The van der Waals surface area contributed by atoms with Gasteiger partial charge in [-0.1, -0.05) is 20.3 Å². The largest absolute Gasteiger partial charge is 0.378 e. The standard InChI is InChI=1S/C16H28N2O3/c1-4-11(2)15-16(20)18(12(3)10-14(19)17-15)8-7-13-6-5-9-21-13/h11-13,15H,4-10H2,1-3H3,(H,17,19). The van der Waals surface area contributed by atoms with Crippen LogP contribution in [0.5, 0.6) is 0 Å². The molecule has 120 valence electrons. The van der Waals surface area contributed by atoms with Gasteiger partial charge in [0.2, 0.25) is 11.8 Å². The van der Waals surface area contributed by atoms with Crippen molar-refractivity contribution in [2.24, 2.45) is 5.92 Å². The molecule has 0 aliphatic carbocycles. The lowest BCUT2D eigenvalue weighted by Crippen LogP contribution is -2.50. The second-order valence-corrected chi connectivity index (χ2v) is 6.44. The van der Waals surface area contributed by atoms with Crippen molar-refractivity contribution < 1.29 is 14.3 Å². The minimum atomic E-state index is -0.378. The lowest BCUT2D eigenvalue weighted by Gasteiger charge is -2.31. The molecule has 0 radical (unpaired) electrons. The average Bonchev–Trinajstić information content (AvgIpc) is 2.93. The molecule has 4 unspecified atom stereocenters. The molecule has 0 bridgehead atoms. The number of carbonyl (C=O) groups is 2. The molecule has 0 aromatic carbocycles. The van der Waals surface area contributed by atoms with Crippen LogP contribution in [0.25, 0.3) is 0 Å². The van der Waals surface area contributed by atoms with Crippen LogP contribution in [0, 0.1) is 5.92 Å². The van der Waals surface area contributed by atoms with E-state index in [1.807, 2.05) is 18.7 Å². The van der Waals surface area contributed by atoms with Gasteiger partial charge in [-0.25, -0.2) is 0 Å². The summed E-state index contributed by atoms with van der Waals surface area (Å²) in [5.41, 5.74) is 0. The fourth-order valence-electron chi connectivity index (χ4n) is 3.18. The molecule has 2 amide bonds. The molecular weight excluding hydrogens is 268 g/mol. The molecule has 5 heteroatoms. The van der Waals surface area contributed by atoms with Crippen LogP contribution in [0.3, 0.4) is 0 Å². The fourth-order valence-corrected chi connectivity index (χ4v) is 3.18. The third-order valence-electron chi connectivity index (χ3n) is 4.81. The molecular formula is C16H28N2O3. The summed E-state index contributed by atoms with van der Waals surface area (Å²) in [6, 6.07) is -0.412. The van der Waals surface area contributed by atoms with Crippen LogP contribution in [-0.4, -0.2) is 48.1 Å². The summed E-state index contributed by atoms with van der Waals surface area (Å²) in [5.74, 6) is 0.221. The summed E-state index contributed by atoms with van der Waals surface area (Å²) in [6.45, 7) is 7.56. The zero-order chi connectivity index (χ0) is 15.4. The highest BCUT2D eigenvalue weighted by Gasteiger charge is 2.36. The smallest absolute Gasteiger partial charge is 0.245 e. The Balaban J connectivity index is 2.04. The van der Waals surface area contributed by atoms with Gasteiger partial charge in [0, 0.05) is 25.6 Å². The van der Waals surface area contributed by atoms with Crippen LogP contribution >= 0.6 is 0 Å². The molecule has 0 saturated carbocycles. The summed E-state index contributed by atoms with van der Waals surface area (Å²) in [7, 11) is 0. The Bertz CT molecular complexity index is 380. The second kappa shape index (κ2) is 7.25. The summed E-state index contributed by atoms with van der Waals surface area (Å²) < 4.78 is 5.64. The lowest BCUT2D eigenvalue weighted by atomic mass is 9.98. The first kappa shape index (κ1) is 16.3. The molecule has 5 nitrogen and oxygen atoms in total. The van der Waals surface area contributed by atoms with Crippen molar-refractivity contribution >= 4 is 11.8 Å². The van der Waals surface area contributed by atoms with Gasteiger partial charge in [0.15, 0.2) is 0 Å². The van der Waals surface area contributed by atoms with Gasteiger partial charge in [0.25, 0.3) is 0 Å². The Labute approximate surface area is 127 Å². The number of hydrogen-bond donors (Lipinski definition) is 1. The molecule has 2 aliphatic rings. The van der Waals surface area contributed by atoms with E-state index in [0.29, 0.717) is 13.0 Å². The molecule has 2 rings (SSSR count). The highest BCUT2D eigenvalue weighted by molar-refractivity contribution is 5.90. The molecule has 2 saturated heterocycles. The summed E-state index contributed by atoms with van der Waals surface area (Å²) in [4.78, 5) is 26.6. The number of nitrogens with one attached hydrogen (secondary N) is 1. The SMILES string of the molecule is CCC(C)C1NC(=O)CC(C)N(CCC2CCCO2)C1=O. The molecule has 2 heterocycles. The van der Waals surface area contributed by atoms with Crippen LogP contribution < -0.4 is 5.32 Å². The molecule has 0 aromatic rings. The van der Waals surface area contributed by atoms with Crippen LogP contribution in [0.1, 0.15) is 52.9 Å². The molecule has 0 aromatic heterocycles. The Morgan fingerprint density at radius 2 is 2.19 bits per heavy atom. The first-order valence-electron chi connectivity index (χ1n) is 8.24. The van der Waals surface area contributed by atoms with Crippen molar-refractivity contribution in [3.05, 3.63) is 0 Å². The minimum Gasteiger partial charge on any atom is -0.378 e. The first-order valence-corrected chi connectivity index (χ1v) is 8.24. The first-order chi connectivity index (χ1) is 10.0. The Morgan fingerprint density at radius 3 is 2.81 bits per heavy atom. The molecule has 0 spiro atoms. The van der Waals surface area contributed by atoms with Crippen molar-refractivity contribution in [2.45, 2.75) is 71.1 Å². The number of ether oxygens (including phenoxy) is 1. The van der Waals surface area contributed by atoms with Crippen LogP contribution in [0.2, 0.25) is 0 Å². The number of rotatable bonds is 5. The van der Waals surface area contributed by atoms with E-state index >= 15 is 0 Å². The minimum absolute atomic E-state index is 0.0132. The molecule has 2 fully saturated rings. The Hall–Kier alpha value is -1.10. The number of hydrogen-bond acceptors (Lipinski definition) is 3. The van der Waals surface area contributed by atoms with E-state index in [9.17, 15) is 9.59 Å². The van der Waals surface area contributed by atoms with Gasteiger partial charge in [-0.3, -0.25) is 9.59 Å². The van der Waals surface area contributed by atoms with Crippen molar-refractivity contribution in [3.8, 4) is 0 Å². The molecule has 1 N–H and O–H groups in total. The highest BCUT2D eigenvalue weighted by Crippen LogP contribution is 2.21. The van der Waals surface area contributed by atoms with Gasteiger partial charge in [-0.15, -0.1) is 0 Å². The van der Waals surface area contributed by atoms with Gasteiger partial charge in [-0.2, -0.15) is 0 Å². The maximum atomic E-state index is 12.8. The summed E-state index contributed by atoms with van der Waals surface area (Å²) in [5, 5.41) is 2.91. The zero-order valence-electron chi connectivity index (χ0n) is 13.4. The predicted molar refractivity (Wildman–Crippen MR) is 80.8 cm³/mol. The van der Waals surface area contributed by atoms with Crippen LogP contribution in [0.15, 0.2) is 0 Å². The van der Waals surface area contributed by atoms with Crippen molar-refractivity contribution in [2.75, 3.05) is 13.2 Å². The number of carbonyl (C=O) groups excluding carboxylic acids is 2. The van der Waals surface area contributed by atoms with E-state index in [1.165, 1.54) is 0 Å². The fraction of sp³-hybridized carbons (Fsp3) is 0.875. The monoisotopic (exact) mass is 296 g/mol. The maximum Gasteiger partial charge on any atom is 0.245 e. The Kier molecular flexibility index (Phi) is 5.62.